The minimum absolute atomic E-state index is 0.0889. The Kier molecular flexibility index (Phi) is 5.53. The molecular formula is C17H20BrFO. The van der Waals surface area contributed by atoms with E-state index < -0.39 is 5.82 Å². The Morgan fingerprint density at radius 3 is 2.80 bits per heavy atom. The summed E-state index contributed by atoms with van der Waals surface area (Å²) >= 11 is 3.20. The number of hydrogen-bond acceptors (Lipinski definition) is 1. The van der Waals surface area contributed by atoms with Crippen molar-refractivity contribution in [2.45, 2.75) is 39.0 Å². The van der Waals surface area contributed by atoms with Crippen LogP contribution in [0.15, 0.2) is 34.8 Å². The van der Waals surface area contributed by atoms with Crippen molar-refractivity contribution in [3.8, 4) is 0 Å². The zero-order valence-corrected chi connectivity index (χ0v) is 13.3. The molecule has 2 rings (SSSR count). The Morgan fingerprint density at radius 2 is 2.10 bits per heavy atom. The highest BCUT2D eigenvalue weighted by molar-refractivity contribution is 9.10. The summed E-state index contributed by atoms with van der Waals surface area (Å²) in [6.45, 7) is 2.27. The summed E-state index contributed by atoms with van der Waals surface area (Å²) in [7, 11) is 0. The molecule has 0 spiro atoms. The fourth-order valence-corrected chi connectivity index (χ4v) is 3.12. The van der Waals surface area contributed by atoms with Crippen LogP contribution in [0.5, 0.6) is 0 Å². The van der Waals surface area contributed by atoms with Crippen molar-refractivity contribution in [1.29, 1.82) is 0 Å². The highest BCUT2D eigenvalue weighted by atomic mass is 79.9. The smallest absolute Gasteiger partial charge is 0.165 e. The van der Waals surface area contributed by atoms with Crippen molar-refractivity contribution >= 4 is 21.7 Å². The van der Waals surface area contributed by atoms with Gasteiger partial charge in [0, 0.05) is 10.9 Å². The van der Waals surface area contributed by atoms with Gasteiger partial charge in [-0.1, -0.05) is 35.0 Å². The molecule has 0 saturated carbocycles. The lowest BCUT2D eigenvalue weighted by atomic mass is 9.81. The number of hydrogen-bond donors (Lipinski definition) is 0. The van der Waals surface area contributed by atoms with Crippen molar-refractivity contribution in [2.75, 3.05) is 0 Å². The maximum Gasteiger partial charge on any atom is 0.165 e. The first-order valence-electron chi connectivity index (χ1n) is 7.21. The molecule has 108 valence electrons. The van der Waals surface area contributed by atoms with Crippen molar-refractivity contribution in [2.24, 2.45) is 11.8 Å². The molecule has 0 amide bonds. The monoisotopic (exact) mass is 338 g/mol. The van der Waals surface area contributed by atoms with E-state index in [4.69, 9.17) is 0 Å². The van der Waals surface area contributed by atoms with Gasteiger partial charge >= 0.3 is 0 Å². The van der Waals surface area contributed by atoms with Gasteiger partial charge in [-0.3, -0.25) is 4.79 Å². The number of rotatable bonds is 5. The third-order valence-electron chi connectivity index (χ3n) is 4.13. The Hall–Kier alpha value is -0.960. The molecule has 0 fully saturated rings. The fourth-order valence-electron chi connectivity index (χ4n) is 2.78. The SMILES string of the molecule is CC1CC=CCC1CCCC(=O)c1ccc(Br)cc1F. The summed E-state index contributed by atoms with van der Waals surface area (Å²) in [5.74, 6) is 0.842. The average Bonchev–Trinajstić information content (AvgIpc) is 2.40. The molecule has 0 aliphatic heterocycles. The minimum Gasteiger partial charge on any atom is -0.294 e. The molecule has 0 radical (unpaired) electrons. The van der Waals surface area contributed by atoms with Crippen molar-refractivity contribution in [1.82, 2.24) is 0 Å². The molecule has 0 aromatic heterocycles. The van der Waals surface area contributed by atoms with E-state index in [9.17, 15) is 9.18 Å². The van der Waals surface area contributed by atoms with E-state index in [1.807, 2.05) is 0 Å². The highest BCUT2D eigenvalue weighted by Gasteiger charge is 2.19. The highest BCUT2D eigenvalue weighted by Crippen LogP contribution is 2.29. The summed E-state index contributed by atoms with van der Waals surface area (Å²) < 4.78 is 14.3. The third kappa shape index (κ3) is 4.02. The lowest BCUT2D eigenvalue weighted by Crippen LogP contribution is -2.14. The lowest BCUT2D eigenvalue weighted by Gasteiger charge is -2.24. The van der Waals surface area contributed by atoms with Gasteiger partial charge in [-0.25, -0.2) is 4.39 Å². The van der Waals surface area contributed by atoms with Crippen LogP contribution in [-0.2, 0) is 0 Å². The predicted molar refractivity (Wildman–Crippen MR) is 83.3 cm³/mol. The van der Waals surface area contributed by atoms with E-state index in [-0.39, 0.29) is 11.3 Å². The molecule has 0 heterocycles. The summed E-state index contributed by atoms with van der Waals surface area (Å²) in [5, 5.41) is 0. The Balaban J connectivity index is 1.84. The quantitative estimate of drug-likeness (QED) is 0.508. The van der Waals surface area contributed by atoms with Gasteiger partial charge in [0.05, 0.1) is 5.56 Å². The summed E-state index contributed by atoms with van der Waals surface area (Å²) in [6.07, 6.45) is 9.06. The zero-order chi connectivity index (χ0) is 14.5. The Labute approximate surface area is 128 Å². The summed E-state index contributed by atoms with van der Waals surface area (Å²) in [5.41, 5.74) is 0.213. The molecule has 2 unspecified atom stereocenters. The number of benzene rings is 1. The second kappa shape index (κ2) is 7.16. The molecule has 1 nitrogen and oxygen atoms in total. The van der Waals surface area contributed by atoms with Crippen LogP contribution in [0.1, 0.15) is 49.4 Å². The maximum atomic E-state index is 13.7. The number of halogens is 2. The molecular weight excluding hydrogens is 319 g/mol. The van der Waals surface area contributed by atoms with Crippen LogP contribution in [-0.4, -0.2) is 5.78 Å². The van der Waals surface area contributed by atoms with Gasteiger partial charge < -0.3 is 0 Å². The van der Waals surface area contributed by atoms with Crippen molar-refractivity contribution in [3.05, 3.63) is 46.2 Å². The standard InChI is InChI=1S/C17H20BrFO/c1-12-5-2-3-6-13(12)7-4-8-17(20)15-10-9-14(18)11-16(15)19/h2-3,9-13H,4-8H2,1H3. The molecule has 3 heteroatoms. The number of ketones is 1. The van der Waals surface area contributed by atoms with Crippen LogP contribution in [0.3, 0.4) is 0 Å². The topological polar surface area (TPSA) is 17.1 Å². The third-order valence-corrected chi connectivity index (χ3v) is 4.62. The molecule has 1 aromatic rings. The van der Waals surface area contributed by atoms with E-state index in [0.717, 1.165) is 25.7 Å². The fraction of sp³-hybridized carbons (Fsp3) is 0.471. The van der Waals surface area contributed by atoms with E-state index in [0.29, 0.717) is 22.7 Å². The van der Waals surface area contributed by atoms with E-state index in [1.54, 1.807) is 12.1 Å². The second-order valence-corrected chi connectivity index (χ2v) is 6.54. The van der Waals surface area contributed by atoms with Crippen molar-refractivity contribution in [3.63, 3.8) is 0 Å². The van der Waals surface area contributed by atoms with Crippen LogP contribution in [0.4, 0.5) is 4.39 Å². The van der Waals surface area contributed by atoms with Crippen molar-refractivity contribution < 1.29 is 9.18 Å². The molecule has 1 aliphatic carbocycles. The second-order valence-electron chi connectivity index (χ2n) is 5.62. The zero-order valence-electron chi connectivity index (χ0n) is 11.7. The number of allylic oxidation sites excluding steroid dienone is 2. The maximum absolute atomic E-state index is 13.7. The van der Waals surface area contributed by atoms with Gasteiger partial charge in [0.15, 0.2) is 5.78 Å². The molecule has 20 heavy (non-hydrogen) atoms. The Morgan fingerprint density at radius 1 is 1.35 bits per heavy atom. The van der Waals surface area contributed by atoms with Crippen LogP contribution in [0, 0.1) is 17.7 Å². The minimum atomic E-state index is -0.432. The molecule has 1 aliphatic rings. The molecule has 0 saturated heterocycles. The van der Waals surface area contributed by atoms with Gasteiger partial charge in [0.2, 0.25) is 0 Å². The van der Waals surface area contributed by atoms with Gasteiger partial charge in [0.1, 0.15) is 5.82 Å². The van der Waals surface area contributed by atoms with E-state index in [1.165, 1.54) is 6.07 Å². The first-order chi connectivity index (χ1) is 9.58. The van der Waals surface area contributed by atoms with Crippen LogP contribution in [0.2, 0.25) is 0 Å². The Bertz CT molecular complexity index is 510. The van der Waals surface area contributed by atoms with Gasteiger partial charge in [-0.05, 0) is 55.7 Å². The number of carbonyl (C=O) groups is 1. The largest absolute Gasteiger partial charge is 0.294 e. The van der Waals surface area contributed by atoms with Gasteiger partial charge in [0.25, 0.3) is 0 Å². The normalized spacial score (nSPS) is 21.9. The van der Waals surface area contributed by atoms with Gasteiger partial charge in [-0.15, -0.1) is 0 Å². The molecule has 0 N–H and O–H groups in total. The predicted octanol–water partition coefficient (Wildman–Crippen LogP) is 5.54. The molecule has 0 bridgehead atoms. The first kappa shape index (κ1) is 15.4. The van der Waals surface area contributed by atoms with Gasteiger partial charge in [-0.2, -0.15) is 0 Å². The number of carbonyl (C=O) groups excluding carboxylic acids is 1. The van der Waals surface area contributed by atoms with Crippen LogP contribution >= 0.6 is 15.9 Å². The van der Waals surface area contributed by atoms with E-state index >= 15 is 0 Å². The molecule has 1 aromatic carbocycles. The first-order valence-corrected chi connectivity index (χ1v) is 8.00. The lowest BCUT2D eigenvalue weighted by molar-refractivity contribution is 0.0972. The van der Waals surface area contributed by atoms with Crippen LogP contribution in [0.25, 0.3) is 0 Å². The number of Topliss-reactive ketones (excluding diaryl/α,β-unsaturated/α-hetero) is 1. The van der Waals surface area contributed by atoms with Crippen LogP contribution < -0.4 is 0 Å². The molecule has 2 atom stereocenters. The average molecular weight is 339 g/mol. The summed E-state index contributed by atoms with van der Waals surface area (Å²) in [6, 6.07) is 4.62. The summed E-state index contributed by atoms with van der Waals surface area (Å²) in [4.78, 5) is 12.0. The van der Waals surface area contributed by atoms with E-state index in [2.05, 4.69) is 35.0 Å².